The van der Waals surface area contributed by atoms with Crippen LogP contribution in [0.3, 0.4) is 0 Å². The quantitative estimate of drug-likeness (QED) is 0.735. The first-order valence-corrected chi connectivity index (χ1v) is 7.04. The molecule has 2 atom stereocenters. The van der Waals surface area contributed by atoms with Gasteiger partial charge in [-0.25, -0.2) is 0 Å². The fourth-order valence-electron chi connectivity index (χ4n) is 2.13. The number of halogens is 1. The molecule has 0 saturated heterocycles. The van der Waals surface area contributed by atoms with Crippen molar-refractivity contribution in [3.8, 4) is 0 Å². The first-order chi connectivity index (χ1) is 8.17. The summed E-state index contributed by atoms with van der Waals surface area (Å²) in [5.41, 5.74) is 1.33. The third kappa shape index (κ3) is 5.10. The summed E-state index contributed by atoms with van der Waals surface area (Å²) >= 11 is 5.91. The van der Waals surface area contributed by atoms with Crippen LogP contribution in [-0.2, 0) is 0 Å². The van der Waals surface area contributed by atoms with Gasteiger partial charge >= 0.3 is 0 Å². The van der Waals surface area contributed by atoms with Gasteiger partial charge in [0.1, 0.15) is 0 Å². The Morgan fingerprint density at radius 2 is 1.82 bits per heavy atom. The minimum atomic E-state index is 0.451. The molecule has 0 aliphatic rings. The van der Waals surface area contributed by atoms with Crippen molar-refractivity contribution < 1.29 is 0 Å². The molecule has 1 aromatic carbocycles. The van der Waals surface area contributed by atoms with E-state index in [0.29, 0.717) is 6.04 Å². The van der Waals surface area contributed by atoms with Gasteiger partial charge in [0, 0.05) is 11.1 Å². The molecule has 1 rings (SSSR count). The van der Waals surface area contributed by atoms with E-state index in [1.165, 1.54) is 18.4 Å². The molecule has 0 aliphatic carbocycles. The van der Waals surface area contributed by atoms with Crippen molar-refractivity contribution in [1.29, 1.82) is 0 Å². The minimum absolute atomic E-state index is 0.451. The molecule has 0 aromatic heterocycles. The normalized spacial score (nSPS) is 14.6. The van der Waals surface area contributed by atoms with Crippen molar-refractivity contribution in [1.82, 2.24) is 5.32 Å². The SMILES string of the molecule is CCCC(C)CNC(CC)c1ccc(Cl)cc1. The van der Waals surface area contributed by atoms with Crippen molar-refractivity contribution in [2.75, 3.05) is 6.54 Å². The fourth-order valence-corrected chi connectivity index (χ4v) is 2.26. The summed E-state index contributed by atoms with van der Waals surface area (Å²) in [5, 5.41) is 4.45. The van der Waals surface area contributed by atoms with Gasteiger partial charge in [0.15, 0.2) is 0 Å². The van der Waals surface area contributed by atoms with Crippen molar-refractivity contribution in [3.05, 3.63) is 34.9 Å². The average Bonchev–Trinajstić information content (AvgIpc) is 2.32. The molecule has 0 bridgehead atoms. The average molecular weight is 254 g/mol. The predicted molar refractivity (Wildman–Crippen MR) is 76.6 cm³/mol. The van der Waals surface area contributed by atoms with Crippen LogP contribution in [0, 0.1) is 5.92 Å². The Hall–Kier alpha value is -0.530. The van der Waals surface area contributed by atoms with Crippen LogP contribution in [0.25, 0.3) is 0 Å². The number of nitrogens with one attached hydrogen (secondary N) is 1. The third-order valence-electron chi connectivity index (χ3n) is 3.17. The molecule has 0 saturated carbocycles. The number of hydrogen-bond donors (Lipinski definition) is 1. The molecule has 0 heterocycles. The zero-order valence-electron chi connectivity index (χ0n) is 11.2. The van der Waals surface area contributed by atoms with Crippen LogP contribution >= 0.6 is 11.6 Å². The lowest BCUT2D eigenvalue weighted by Gasteiger charge is -2.20. The largest absolute Gasteiger partial charge is 0.310 e. The van der Waals surface area contributed by atoms with Gasteiger partial charge in [0.2, 0.25) is 0 Å². The topological polar surface area (TPSA) is 12.0 Å². The summed E-state index contributed by atoms with van der Waals surface area (Å²) in [4.78, 5) is 0. The summed E-state index contributed by atoms with van der Waals surface area (Å²) < 4.78 is 0. The molecule has 1 N–H and O–H groups in total. The van der Waals surface area contributed by atoms with Gasteiger partial charge in [0.05, 0.1) is 0 Å². The highest BCUT2D eigenvalue weighted by atomic mass is 35.5. The van der Waals surface area contributed by atoms with Gasteiger partial charge in [-0.05, 0) is 43.0 Å². The second-order valence-electron chi connectivity index (χ2n) is 4.81. The highest BCUT2D eigenvalue weighted by Gasteiger charge is 2.10. The van der Waals surface area contributed by atoms with Crippen molar-refractivity contribution in [2.45, 2.75) is 46.1 Å². The summed E-state index contributed by atoms with van der Waals surface area (Å²) in [5.74, 6) is 0.751. The molecule has 0 aliphatic heterocycles. The van der Waals surface area contributed by atoms with Gasteiger partial charge in [-0.15, -0.1) is 0 Å². The molecule has 2 heteroatoms. The Labute approximate surface area is 111 Å². The van der Waals surface area contributed by atoms with Crippen molar-refractivity contribution in [2.24, 2.45) is 5.92 Å². The number of benzene rings is 1. The maximum Gasteiger partial charge on any atom is 0.0406 e. The van der Waals surface area contributed by atoms with E-state index in [-0.39, 0.29) is 0 Å². The number of hydrogen-bond acceptors (Lipinski definition) is 1. The van der Waals surface area contributed by atoms with Crippen molar-refractivity contribution in [3.63, 3.8) is 0 Å². The lowest BCUT2D eigenvalue weighted by molar-refractivity contribution is 0.425. The highest BCUT2D eigenvalue weighted by molar-refractivity contribution is 6.30. The van der Waals surface area contributed by atoms with Gasteiger partial charge in [-0.3, -0.25) is 0 Å². The predicted octanol–water partition coefficient (Wildman–Crippen LogP) is 4.82. The maximum absolute atomic E-state index is 5.91. The van der Waals surface area contributed by atoms with Gasteiger partial charge in [-0.2, -0.15) is 0 Å². The molecular formula is C15H24ClN. The summed E-state index contributed by atoms with van der Waals surface area (Å²) in [7, 11) is 0. The Morgan fingerprint density at radius 1 is 1.18 bits per heavy atom. The van der Waals surface area contributed by atoms with E-state index in [4.69, 9.17) is 11.6 Å². The molecule has 0 fully saturated rings. The molecule has 0 amide bonds. The van der Waals surface area contributed by atoms with Crippen LogP contribution in [-0.4, -0.2) is 6.54 Å². The molecule has 1 nitrogen and oxygen atoms in total. The van der Waals surface area contributed by atoms with Crippen LogP contribution < -0.4 is 5.32 Å². The van der Waals surface area contributed by atoms with Gasteiger partial charge in [0.25, 0.3) is 0 Å². The van der Waals surface area contributed by atoms with Crippen LogP contribution in [0.2, 0.25) is 5.02 Å². The summed E-state index contributed by atoms with van der Waals surface area (Å²) in [6, 6.07) is 8.63. The fraction of sp³-hybridized carbons (Fsp3) is 0.600. The Balaban J connectivity index is 2.51. The zero-order valence-corrected chi connectivity index (χ0v) is 11.9. The first kappa shape index (κ1) is 14.5. The Bertz CT molecular complexity index is 307. The van der Waals surface area contributed by atoms with Crippen molar-refractivity contribution >= 4 is 11.6 Å². The molecule has 2 unspecified atom stereocenters. The molecule has 96 valence electrons. The van der Waals surface area contributed by atoms with E-state index < -0.39 is 0 Å². The molecule has 1 aromatic rings. The van der Waals surface area contributed by atoms with E-state index in [0.717, 1.165) is 23.9 Å². The summed E-state index contributed by atoms with van der Waals surface area (Å²) in [6.07, 6.45) is 3.67. The maximum atomic E-state index is 5.91. The van der Waals surface area contributed by atoms with Crippen LogP contribution in [0.5, 0.6) is 0 Å². The minimum Gasteiger partial charge on any atom is -0.310 e. The Morgan fingerprint density at radius 3 is 2.35 bits per heavy atom. The lowest BCUT2D eigenvalue weighted by Crippen LogP contribution is -2.25. The first-order valence-electron chi connectivity index (χ1n) is 6.66. The number of rotatable bonds is 7. The molecule has 0 spiro atoms. The molecular weight excluding hydrogens is 230 g/mol. The zero-order chi connectivity index (χ0) is 12.7. The van der Waals surface area contributed by atoms with E-state index in [1.54, 1.807) is 0 Å². The van der Waals surface area contributed by atoms with E-state index in [1.807, 2.05) is 12.1 Å². The lowest BCUT2D eigenvalue weighted by atomic mass is 10.0. The standard InChI is InChI=1S/C15H24ClN/c1-4-6-12(3)11-17-15(5-2)13-7-9-14(16)10-8-13/h7-10,12,15,17H,4-6,11H2,1-3H3. The van der Waals surface area contributed by atoms with Gasteiger partial charge < -0.3 is 5.32 Å². The summed E-state index contributed by atoms with van der Waals surface area (Å²) in [6.45, 7) is 7.86. The van der Waals surface area contributed by atoms with Crippen LogP contribution in [0.1, 0.15) is 51.6 Å². The smallest absolute Gasteiger partial charge is 0.0406 e. The van der Waals surface area contributed by atoms with Crippen LogP contribution in [0.4, 0.5) is 0 Å². The second kappa shape index (κ2) is 7.73. The second-order valence-corrected chi connectivity index (χ2v) is 5.25. The highest BCUT2D eigenvalue weighted by Crippen LogP contribution is 2.19. The van der Waals surface area contributed by atoms with E-state index in [2.05, 4.69) is 38.2 Å². The molecule has 0 radical (unpaired) electrons. The third-order valence-corrected chi connectivity index (χ3v) is 3.43. The van der Waals surface area contributed by atoms with Crippen LogP contribution in [0.15, 0.2) is 24.3 Å². The van der Waals surface area contributed by atoms with E-state index >= 15 is 0 Å². The van der Waals surface area contributed by atoms with E-state index in [9.17, 15) is 0 Å². The Kier molecular flexibility index (Phi) is 6.61. The molecule has 17 heavy (non-hydrogen) atoms. The monoisotopic (exact) mass is 253 g/mol. The van der Waals surface area contributed by atoms with Gasteiger partial charge in [-0.1, -0.05) is 50.9 Å².